The van der Waals surface area contributed by atoms with Crippen molar-refractivity contribution >= 4 is 34.7 Å². The molecule has 0 radical (unpaired) electrons. The largest absolute Gasteiger partial charge is 0.441 e. The summed E-state index contributed by atoms with van der Waals surface area (Å²) in [6.07, 6.45) is 9.21. The van der Waals surface area contributed by atoms with E-state index in [0.29, 0.717) is 11.0 Å². The van der Waals surface area contributed by atoms with Crippen LogP contribution in [0, 0.1) is 0 Å². The van der Waals surface area contributed by atoms with E-state index in [1.807, 2.05) is 19.2 Å². The number of nitrogens with one attached hydrogen (secondary N) is 1. The van der Waals surface area contributed by atoms with Crippen LogP contribution in [-0.2, 0) is 5.41 Å². The van der Waals surface area contributed by atoms with Gasteiger partial charge in [0.2, 0.25) is 5.89 Å². The first-order valence-corrected chi connectivity index (χ1v) is 10.4. The minimum absolute atomic E-state index is 0.0686. The van der Waals surface area contributed by atoms with Crippen LogP contribution < -0.4 is 5.32 Å². The van der Waals surface area contributed by atoms with Gasteiger partial charge in [-0.2, -0.15) is 0 Å². The molecule has 1 N–H and O–H groups in total. The summed E-state index contributed by atoms with van der Waals surface area (Å²) < 4.78 is 5.75. The Kier molecular flexibility index (Phi) is 6.20. The predicted molar refractivity (Wildman–Crippen MR) is 114 cm³/mol. The maximum atomic E-state index is 12.5. The average Bonchev–Trinajstić information content (AvgIpc) is 3.29. The molecule has 0 saturated carbocycles. The number of likely N-dealkylation sites (tertiary alicyclic amines) is 1. The number of oxazole rings is 1. The third-order valence-electron chi connectivity index (χ3n) is 4.95. The number of rotatable bonds is 4. The lowest BCUT2D eigenvalue weighted by Crippen LogP contribution is -2.46. The predicted octanol–water partition coefficient (Wildman–Crippen LogP) is 4.16. The average molecular weight is 404 g/mol. The van der Waals surface area contributed by atoms with Gasteiger partial charge in [0.25, 0.3) is 0 Å². The van der Waals surface area contributed by atoms with E-state index in [4.69, 9.17) is 4.42 Å². The molecule has 0 aliphatic carbocycles. The number of piperidine rings is 1. The van der Waals surface area contributed by atoms with Gasteiger partial charge in [0.1, 0.15) is 5.76 Å². The fraction of sp³-hybridized carbons (Fsp3) is 0.550. The lowest BCUT2D eigenvalue weighted by atomic mass is 9.94. The van der Waals surface area contributed by atoms with Crippen molar-refractivity contribution in [1.29, 1.82) is 0 Å². The summed E-state index contributed by atoms with van der Waals surface area (Å²) in [7, 11) is 3.97. The summed E-state index contributed by atoms with van der Waals surface area (Å²) in [5.41, 5.74) is -0.0686. The van der Waals surface area contributed by atoms with E-state index in [9.17, 15) is 4.79 Å². The standard InChI is InChI=1S/C20H29N5O2S/c1-20(2,3)16-13-21-17(27-16)7-6-15-12-22-18(28-15)23-19(26)25(5)14-8-10-24(4)11-9-14/h6-7,12-14H,8-11H2,1-5H3,(H,22,23,26)/b7-6+. The van der Waals surface area contributed by atoms with Gasteiger partial charge in [-0.1, -0.05) is 32.1 Å². The Bertz CT molecular complexity index is 828. The summed E-state index contributed by atoms with van der Waals surface area (Å²) in [5, 5.41) is 3.49. The molecule has 0 spiro atoms. The molecule has 152 valence electrons. The number of urea groups is 1. The van der Waals surface area contributed by atoms with Crippen LogP contribution in [0.15, 0.2) is 16.8 Å². The molecular formula is C20H29N5O2S. The van der Waals surface area contributed by atoms with Crippen molar-refractivity contribution in [2.24, 2.45) is 0 Å². The first kappa shape index (κ1) is 20.5. The number of thiazole rings is 1. The molecule has 28 heavy (non-hydrogen) atoms. The summed E-state index contributed by atoms with van der Waals surface area (Å²) >= 11 is 1.42. The zero-order valence-electron chi connectivity index (χ0n) is 17.2. The quantitative estimate of drug-likeness (QED) is 0.830. The second-order valence-corrected chi connectivity index (χ2v) is 9.35. The number of anilines is 1. The molecule has 2 amide bonds. The highest BCUT2D eigenvalue weighted by atomic mass is 32.1. The molecule has 1 fully saturated rings. The van der Waals surface area contributed by atoms with Gasteiger partial charge in [0.05, 0.1) is 6.20 Å². The van der Waals surface area contributed by atoms with E-state index in [2.05, 4.69) is 48.0 Å². The van der Waals surface area contributed by atoms with Crippen LogP contribution in [0.2, 0.25) is 0 Å². The van der Waals surface area contributed by atoms with Gasteiger partial charge in [0.15, 0.2) is 5.13 Å². The highest BCUT2D eigenvalue weighted by Crippen LogP contribution is 2.25. The SMILES string of the molecule is CN1CCC(N(C)C(=O)Nc2ncc(/C=C/c3ncc(C(C)(C)C)o3)s2)CC1. The molecule has 8 heteroatoms. The van der Waals surface area contributed by atoms with E-state index >= 15 is 0 Å². The van der Waals surface area contributed by atoms with E-state index in [0.717, 1.165) is 36.6 Å². The monoisotopic (exact) mass is 403 g/mol. The van der Waals surface area contributed by atoms with Gasteiger partial charge in [-0.25, -0.2) is 14.8 Å². The summed E-state index contributed by atoms with van der Waals surface area (Å²) in [6.45, 7) is 8.30. The zero-order valence-corrected chi connectivity index (χ0v) is 18.0. The number of nitrogens with zero attached hydrogens (tertiary/aromatic N) is 4. The van der Waals surface area contributed by atoms with E-state index in [1.54, 1.807) is 17.3 Å². The smallest absolute Gasteiger partial charge is 0.323 e. The maximum absolute atomic E-state index is 12.5. The lowest BCUT2D eigenvalue weighted by molar-refractivity contribution is 0.156. The molecule has 2 aromatic heterocycles. The maximum Gasteiger partial charge on any atom is 0.323 e. The fourth-order valence-electron chi connectivity index (χ4n) is 3.01. The number of hydrogen-bond donors (Lipinski definition) is 1. The minimum Gasteiger partial charge on any atom is -0.441 e. The Morgan fingerprint density at radius 3 is 2.64 bits per heavy atom. The number of carbonyl (C=O) groups excluding carboxylic acids is 1. The van der Waals surface area contributed by atoms with Crippen LogP contribution in [0.5, 0.6) is 0 Å². The topological polar surface area (TPSA) is 74.5 Å². The molecule has 7 nitrogen and oxygen atoms in total. The molecule has 1 saturated heterocycles. The van der Waals surface area contributed by atoms with Gasteiger partial charge < -0.3 is 14.2 Å². The van der Waals surface area contributed by atoms with E-state index in [-0.39, 0.29) is 17.5 Å². The number of amides is 2. The molecule has 0 atom stereocenters. The molecule has 3 rings (SSSR count). The molecule has 1 aliphatic rings. The molecule has 0 bridgehead atoms. The van der Waals surface area contributed by atoms with E-state index in [1.165, 1.54) is 11.3 Å². The van der Waals surface area contributed by atoms with Crippen molar-refractivity contribution in [2.75, 3.05) is 32.5 Å². The van der Waals surface area contributed by atoms with Gasteiger partial charge in [-0.3, -0.25) is 5.32 Å². The zero-order chi connectivity index (χ0) is 20.3. The van der Waals surface area contributed by atoms with Gasteiger partial charge in [0, 0.05) is 35.7 Å². The normalized spacial score (nSPS) is 16.6. The number of hydrogen-bond acceptors (Lipinski definition) is 6. The molecule has 2 aromatic rings. The first-order chi connectivity index (χ1) is 13.2. The van der Waals surface area contributed by atoms with Crippen molar-refractivity contribution in [3.63, 3.8) is 0 Å². The fourth-order valence-corrected chi connectivity index (χ4v) is 3.72. The van der Waals surface area contributed by atoms with Crippen LogP contribution in [0.3, 0.4) is 0 Å². The Morgan fingerprint density at radius 2 is 2.00 bits per heavy atom. The molecule has 0 unspecified atom stereocenters. The lowest BCUT2D eigenvalue weighted by Gasteiger charge is -2.34. The van der Waals surface area contributed by atoms with Crippen LogP contribution in [-0.4, -0.2) is 59.0 Å². The second kappa shape index (κ2) is 8.45. The molecule has 3 heterocycles. The molecule has 0 aromatic carbocycles. The van der Waals surface area contributed by atoms with Gasteiger partial charge >= 0.3 is 6.03 Å². The number of aromatic nitrogens is 2. The van der Waals surface area contributed by atoms with Crippen LogP contribution in [0.25, 0.3) is 12.2 Å². The van der Waals surface area contributed by atoms with Crippen molar-refractivity contribution < 1.29 is 9.21 Å². The third kappa shape index (κ3) is 5.20. The van der Waals surface area contributed by atoms with Crippen molar-refractivity contribution in [3.05, 3.63) is 28.9 Å². The summed E-state index contributed by atoms with van der Waals surface area (Å²) in [6, 6.07) is 0.166. The third-order valence-corrected chi connectivity index (χ3v) is 5.82. The van der Waals surface area contributed by atoms with Crippen LogP contribution in [0.4, 0.5) is 9.93 Å². The minimum atomic E-state index is -0.109. The van der Waals surface area contributed by atoms with Crippen LogP contribution >= 0.6 is 11.3 Å². The highest BCUT2D eigenvalue weighted by molar-refractivity contribution is 7.16. The Balaban J connectivity index is 1.56. The Labute approximate surface area is 170 Å². The second-order valence-electron chi connectivity index (χ2n) is 8.29. The van der Waals surface area contributed by atoms with Crippen LogP contribution in [0.1, 0.15) is 50.1 Å². The summed E-state index contributed by atoms with van der Waals surface area (Å²) in [4.78, 5) is 26.1. The first-order valence-electron chi connectivity index (χ1n) is 9.55. The van der Waals surface area contributed by atoms with Crippen molar-refractivity contribution in [1.82, 2.24) is 19.8 Å². The Morgan fingerprint density at radius 1 is 1.29 bits per heavy atom. The van der Waals surface area contributed by atoms with Crippen molar-refractivity contribution in [3.8, 4) is 0 Å². The van der Waals surface area contributed by atoms with Gasteiger partial charge in [-0.15, -0.1) is 0 Å². The molecular weight excluding hydrogens is 374 g/mol. The van der Waals surface area contributed by atoms with Gasteiger partial charge in [-0.05, 0) is 39.1 Å². The van der Waals surface area contributed by atoms with Crippen molar-refractivity contribution in [2.45, 2.75) is 45.1 Å². The van der Waals surface area contributed by atoms with E-state index < -0.39 is 0 Å². The Hall–Kier alpha value is -2.19. The summed E-state index contributed by atoms with van der Waals surface area (Å²) in [5.74, 6) is 1.41. The highest BCUT2D eigenvalue weighted by Gasteiger charge is 2.24. The molecule has 1 aliphatic heterocycles. The number of carbonyl (C=O) groups is 1.